The molecule has 0 bridgehead atoms. The molecule has 2 rings (SSSR count). The summed E-state index contributed by atoms with van der Waals surface area (Å²) in [5.41, 5.74) is 6.55. The Morgan fingerprint density at radius 1 is 1.00 bits per heavy atom. The number of ether oxygens (including phenoxy) is 3. The molecule has 2 aromatic carbocycles. The highest BCUT2D eigenvalue weighted by molar-refractivity contribution is 5.90. The highest BCUT2D eigenvalue weighted by atomic mass is 16.5. The molecule has 2 N–H and O–H groups in total. The van der Waals surface area contributed by atoms with E-state index in [-0.39, 0.29) is 0 Å². The van der Waals surface area contributed by atoms with Crippen LogP contribution in [0.4, 0.5) is 0 Å². The molecule has 0 fully saturated rings. The largest absolute Gasteiger partial charge is 0.493 e. The first-order valence-electron chi connectivity index (χ1n) is 7.50. The molecule has 0 aliphatic heterocycles. The van der Waals surface area contributed by atoms with Crippen molar-refractivity contribution in [2.24, 2.45) is 5.73 Å². The summed E-state index contributed by atoms with van der Waals surface area (Å²) in [5, 5.41) is 0. The number of esters is 1. The zero-order valence-corrected chi connectivity index (χ0v) is 14.0. The highest BCUT2D eigenvalue weighted by Gasteiger charge is 2.21. The number of carbonyl (C=O) groups excluding carboxylic acids is 2. The minimum absolute atomic E-state index is 0.517. The van der Waals surface area contributed by atoms with E-state index in [4.69, 9.17) is 19.9 Å². The van der Waals surface area contributed by atoms with Crippen LogP contribution in [0.15, 0.2) is 54.6 Å². The molecule has 6 nitrogen and oxygen atoms in total. The summed E-state index contributed by atoms with van der Waals surface area (Å²) in [4.78, 5) is 23.6. The predicted molar refractivity (Wildman–Crippen MR) is 93.0 cm³/mol. The number of amides is 1. The van der Waals surface area contributed by atoms with Crippen molar-refractivity contribution in [1.29, 1.82) is 0 Å². The number of hydrogen-bond donors (Lipinski definition) is 1. The Balaban J connectivity index is 2.10. The van der Waals surface area contributed by atoms with E-state index < -0.39 is 18.0 Å². The van der Waals surface area contributed by atoms with Crippen molar-refractivity contribution < 1.29 is 23.8 Å². The van der Waals surface area contributed by atoms with Crippen LogP contribution in [0.25, 0.3) is 6.08 Å². The summed E-state index contributed by atoms with van der Waals surface area (Å²) in [6, 6.07) is 13.8. The molecular formula is C19H19NO5. The van der Waals surface area contributed by atoms with Crippen LogP contribution in [0.5, 0.6) is 11.5 Å². The molecule has 0 aliphatic rings. The first kappa shape index (κ1) is 18.1. The number of primary amides is 1. The lowest BCUT2D eigenvalue weighted by Gasteiger charge is -2.13. The number of rotatable bonds is 7. The molecule has 1 amide bonds. The third-order valence-corrected chi connectivity index (χ3v) is 3.41. The van der Waals surface area contributed by atoms with Crippen LogP contribution in [-0.2, 0) is 14.3 Å². The van der Waals surface area contributed by atoms with Gasteiger partial charge in [-0.25, -0.2) is 4.79 Å². The van der Waals surface area contributed by atoms with Crippen LogP contribution in [0.3, 0.4) is 0 Å². The Hall–Kier alpha value is -3.28. The predicted octanol–water partition coefficient (Wildman–Crippen LogP) is 2.49. The standard InChI is InChI=1S/C19H19NO5/c1-23-15-10-8-13(12-16(15)24-2)9-11-17(21)25-18(19(20)22)14-6-4-3-5-7-14/h3-12,18H,1-2H3,(H2,20,22)/b11-9+. The molecule has 0 saturated heterocycles. The van der Waals surface area contributed by atoms with Crippen molar-refractivity contribution in [3.63, 3.8) is 0 Å². The van der Waals surface area contributed by atoms with E-state index in [1.165, 1.54) is 20.3 Å². The van der Waals surface area contributed by atoms with Crippen molar-refractivity contribution in [1.82, 2.24) is 0 Å². The zero-order valence-electron chi connectivity index (χ0n) is 14.0. The van der Waals surface area contributed by atoms with Gasteiger partial charge in [0, 0.05) is 11.6 Å². The Morgan fingerprint density at radius 3 is 2.28 bits per heavy atom. The Morgan fingerprint density at radius 2 is 1.68 bits per heavy atom. The Kier molecular flexibility index (Phi) is 6.17. The van der Waals surface area contributed by atoms with E-state index in [0.717, 1.165) is 0 Å². The molecule has 1 atom stereocenters. The van der Waals surface area contributed by atoms with Crippen molar-refractivity contribution in [2.75, 3.05) is 14.2 Å². The van der Waals surface area contributed by atoms with Gasteiger partial charge in [0.25, 0.3) is 5.91 Å². The molecule has 0 saturated carbocycles. The Bertz CT molecular complexity index is 771. The molecule has 0 spiro atoms. The van der Waals surface area contributed by atoms with Gasteiger partial charge in [-0.1, -0.05) is 36.4 Å². The maximum Gasteiger partial charge on any atom is 0.331 e. The van der Waals surface area contributed by atoms with Gasteiger partial charge in [0.1, 0.15) is 0 Å². The molecule has 25 heavy (non-hydrogen) atoms. The van der Waals surface area contributed by atoms with Crippen LogP contribution >= 0.6 is 0 Å². The molecule has 0 heterocycles. The second-order valence-corrected chi connectivity index (χ2v) is 5.08. The third kappa shape index (κ3) is 4.84. The van der Waals surface area contributed by atoms with E-state index in [1.807, 2.05) is 0 Å². The summed E-state index contributed by atoms with van der Waals surface area (Å²) in [7, 11) is 3.06. The maximum atomic E-state index is 12.0. The molecule has 0 aliphatic carbocycles. The van der Waals surface area contributed by atoms with Gasteiger partial charge in [-0.05, 0) is 23.8 Å². The van der Waals surface area contributed by atoms with Crippen molar-refractivity contribution in [2.45, 2.75) is 6.10 Å². The van der Waals surface area contributed by atoms with Crippen molar-refractivity contribution in [3.05, 3.63) is 65.7 Å². The summed E-state index contributed by atoms with van der Waals surface area (Å²) >= 11 is 0. The maximum absolute atomic E-state index is 12.0. The first-order chi connectivity index (χ1) is 12.0. The second-order valence-electron chi connectivity index (χ2n) is 5.08. The normalized spacial score (nSPS) is 11.8. The fourth-order valence-corrected chi connectivity index (χ4v) is 2.19. The summed E-state index contributed by atoms with van der Waals surface area (Å²) < 4.78 is 15.5. The van der Waals surface area contributed by atoms with Crippen LogP contribution in [0.2, 0.25) is 0 Å². The van der Waals surface area contributed by atoms with E-state index in [9.17, 15) is 9.59 Å². The van der Waals surface area contributed by atoms with Gasteiger partial charge < -0.3 is 19.9 Å². The van der Waals surface area contributed by atoms with Crippen LogP contribution in [0.1, 0.15) is 17.2 Å². The highest BCUT2D eigenvalue weighted by Crippen LogP contribution is 2.28. The molecular weight excluding hydrogens is 322 g/mol. The van der Waals surface area contributed by atoms with Crippen molar-refractivity contribution >= 4 is 18.0 Å². The zero-order chi connectivity index (χ0) is 18.2. The van der Waals surface area contributed by atoms with E-state index in [2.05, 4.69) is 0 Å². The number of benzene rings is 2. The fraction of sp³-hybridized carbons (Fsp3) is 0.158. The summed E-state index contributed by atoms with van der Waals surface area (Å²) in [6.45, 7) is 0. The van der Waals surface area contributed by atoms with E-state index in [0.29, 0.717) is 22.6 Å². The second kappa shape index (κ2) is 8.54. The minimum atomic E-state index is -1.14. The third-order valence-electron chi connectivity index (χ3n) is 3.41. The average molecular weight is 341 g/mol. The molecule has 1 unspecified atom stereocenters. The number of carbonyl (C=O) groups is 2. The fourth-order valence-electron chi connectivity index (χ4n) is 2.19. The number of nitrogens with two attached hydrogens (primary N) is 1. The SMILES string of the molecule is COc1ccc(/C=C/C(=O)OC(C(N)=O)c2ccccc2)cc1OC. The van der Waals surface area contributed by atoms with Gasteiger partial charge in [0.2, 0.25) is 6.10 Å². The van der Waals surface area contributed by atoms with Gasteiger partial charge in [0.05, 0.1) is 14.2 Å². The molecule has 6 heteroatoms. The van der Waals surface area contributed by atoms with Gasteiger partial charge in [-0.15, -0.1) is 0 Å². The van der Waals surface area contributed by atoms with E-state index in [1.54, 1.807) is 54.6 Å². The van der Waals surface area contributed by atoms with Crippen molar-refractivity contribution in [3.8, 4) is 11.5 Å². The monoisotopic (exact) mass is 341 g/mol. The molecule has 2 aromatic rings. The van der Waals surface area contributed by atoms with Crippen LogP contribution in [0, 0.1) is 0 Å². The Labute approximate surface area is 145 Å². The molecule has 0 radical (unpaired) electrons. The van der Waals surface area contributed by atoms with Crippen LogP contribution < -0.4 is 15.2 Å². The van der Waals surface area contributed by atoms with Gasteiger partial charge in [-0.2, -0.15) is 0 Å². The quantitative estimate of drug-likeness (QED) is 0.617. The molecule has 0 aromatic heterocycles. The number of methoxy groups -OCH3 is 2. The topological polar surface area (TPSA) is 87.9 Å². The first-order valence-corrected chi connectivity index (χ1v) is 7.50. The lowest BCUT2D eigenvalue weighted by atomic mass is 10.1. The summed E-state index contributed by atoms with van der Waals surface area (Å²) in [5.74, 6) is -0.293. The minimum Gasteiger partial charge on any atom is -0.493 e. The molecule has 130 valence electrons. The average Bonchev–Trinajstić information content (AvgIpc) is 2.64. The van der Waals surface area contributed by atoms with Gasteiger partial charge in [-0.3, -0.25) is 4.79 Å². The van der Waals surface area contributed by atoms with Gasteiger partial charge >= 0.3 is 5.97 Å². The van der Waals surface area contributed by atoms with Crippen LogP contribution in [-0.4, -0.2) is 26.1 Å². The lowest BCUT2D eigenvalue weighted by Crippen LogP contribution is -2.25. The smallest absolute Gasteiger partial charge is 0.331 e. The summed E-state index contributed by atoms with van der Waals surface area (Å²) in [6.07, 6.45) is 1.64. The van der Waals surface area contributed by atoms with E-state index >= 15 is 0 Å². The lowest BCUT2D eigenvalue weighted by molar-refractivity contribution is -0.150. The number of hydrogen-bond acceptors (Lipinski definition) is 5. The van der Waals surface area contributed by atoms with Gasteiger partial charge in [0.15, 0.2) is 11.5 Å².